The molecule has 9 nitrogen and oxygen atoms in total. The van der Waals surface area contributed by atoms with Gasteiger partial charge in [0.1, 0.15) is 17.7 Å². The maximum absolute atomic E-state index is 14.2. The second-order valence-electron chi connectivity index (χ2n) is 13.8. The van der Waals surface area contributed by atoms with Gasteiger partial charge < -0.3 is 19.9 Å². The van der Waals surface area contributed by atoms with Gasteiger partial charge in [-0.3, -0.25) is 14.5 Å². The third-order valence-corrected chi connectivity index (χ3v) is 9.87. The van der Waals surface area contributed by atoms with Gasteiger partial charge in [-0.25, -0.2) is 4.79 Å². The summed E-state index contributed by atoms with van der Waals surface area (Å²) in [6, 6.07) is 17.3. The molecule has 3 amide bonds. The van der Waals surface area contributed by atoms with Crippen molar-refractivity contribution < 1.29 is 19.1 Å². The van der Waals surface area contributed by atoms with E-state index in [0.29, 0.717) is 25.3 Å². The predicted octanol–water partition coefficient (Wildman–Crippen LogP) is 3.57. The SMILES string of the molecule is CC(C)(C)OC(=O)N[C@@H](CN1C[C@@H]2C[C@H]1C(=O)N2C1c2ccccc2CCc2ccccc21)C(=O)N1[C@H](C#N)C[C@@H]2C[C@@H]21. The molecule has 0 radical (unpaired) electrons. The second kappa shape index (κ2) is 10.4. The Morgan fingerprint density at radius 2 is 1.67 bits per heavy atom. The van der Waals surface area contributed by atoms with Crippen molar-refractivity contribution in [2.24, 2.45) is 5.92 Å². The Morgan fingerprint density at radius 1 is 1.02 bits per heavy atom. The van der Waals surface area contributed by atoms with Gasteiger partial charge in [-0.05, 0) is 81.0 Å². The van der Waals surface area contributed by atoms with Crippen molar-refractivity contribution in [3.63, 3.8) is 0 Å². The van der Waals surface area contributed by atoms with E-state index in [9.17, 15) is 19.6 Å². The average Bonchev–Trinajstić information content (AvgIpc) is 3.35. The number of hydrogen-bond acceptors (Lipinski definition) is 6. The Hall–Kier alpha value is -3.90. The van der Waals surface area contributed by atoms with E-state index in [-0.39, 0.29) is 42.5 Å². The topological polar surface area (TPSA) is 106 Å². The van der Waals surface area contributed by atoms with Crippen molar-refractivity contribution in [3.8, 4) is 6.07 Å². The average molecular weight is 582 g/mol. The summed E-state index contributed by atoms with van der Waals surface area (Å²) in [4.78, 5) is 46.9. The quantitative estimate of drug-likeness (QED) is 0.579. The van der Waals surface area contributed by atoms with E-state index in [1.54, 1.807) is 25.7 Å². The molecule has 4 fully saturated rings. The standard InChI is InChI=1S/C34H39N5O4/c1-34(2,3)43-33(42)36-27(31(40)38-23(17-35)14-22-15-28(22)38)19-37-18-24-16-29(37)32(41)39(24)30-25-10-6-4-8-20(25)12-13-21-9-5-7-11-26(21)30/h4-11,22-24,27-30H,12-16,18-19H2,1-3H3,(H,36,42)/t22-,23+,24+,27+,28+,29+/m1/s1. The number of piperidine rings is 1. The number of nitrogens with one attached hydrogen (secondary N) is 1. The van der Waals surface area contributed by atoms with Crippen molar-refractivity contribution in [1.29, 1.82) is 5.26 Å². The number of alkyl carbamates (subject to hydrolysis) is 1. The number of rotatable bonds is 5. The molecule has 0 aromatic heterocycles. The van der Waals surface area contributed by atoms with Crippen molar-refractivity contribution in [1.82, 2.24) is 20.0 Å². The molecule has 1 N–H and O–H groups in total. The molecule has 9 heteroatoms. The molecule has 6 atom stereocenters. The summed E-state index contributed by atoms with van der Waals surface area (Å²) >= 11 is 0. The number of amides is 3. The molecule has 1 saturated carbocycles. The summed E-state index contributed by atoms with van der Waals surface area (Å²) in [6.45, 7) is 6.15. The normalized spacial score (nSPS) is 28.4. The smallest absolute Gasteiger partial charge is 0.408 e. The van der Waals surface area contributed by atoms with E-state index >= 15 is 0 Å². The lowest BCUT2D eigenvalue weighted by atomic mass is 9.92. The number of likely N-dealkylation sites (tertiary alicyclic amines) is 3. The van der Waals surface area contributed by atoms with Gasteiger partial charge in [0, 0.05) is 25.2 Å². The molecule has 2 aromatic rings. The minimum absolute atomic E-state index is 0.00885. The van der Waals surface area contributed by atoms with Crippen molar-refractivity contribution in [2.75, 3.05) is 13.1 Å². The number of carbonyl (C=O) groups is 3. The van der Waals surface area contributed by atoms with Crippen molar-refractivity contribution in [2.45, 2.75) is 94.7 Å². The molecule has 224 valence electrons. The fraction of sp³-hybridized carbons (Fsp3) is 0.529. The molecular formula is C34H39N5O4. The van der Waals surface area contributed by atoms with Gasteiger partial charge in [0.25, 0.3) is 0 Å². The van der Waals surface area contributed by atoms with E-state index in [0.717, 1.165) is 19.3 Å². The van der Waals surface area contributed by atoms with Crippen LogP contribution >= 0.6 is 0 Å². The van der Waals surface area contributed by atoms with E-state index < -0.39 is 23.8 Å². The monoisotopic (exact) mass is 581 g/mol. The van der Waals surface area contributed by atoms with Crippen molar-refractivity contribution >= 4 is 17.9 Å². The van der Waals surface area contributed by atoms with Crippen LogP contribution in [0.5, 0.6) is 0 Å². The van der Waals surface area contributed by atoms with Crippen LogP contribution in [0.25, 0.3) is 0 Å². The molecule has 0 unspecified atom stereocenters. The highest BCUT2D eigenvalue weighted by atomic mass is 16.6. The number of nitriles is 1. The van der Waals surface area contributed by atoms with Crippen LogP contribution in [0.2, 0.25) is 0 Å². The highest BCUT2D eigenvalue weighted by Gasteiger charge is 2.57. The van der Waals surface area contributed by atoms with Crippen LogP contribution in [0.3, 0.4) is 0 Å². The lowest BCUT2D eigenvalue weighted by Gasteiger charge is -2.41. The zero-order valence-electron chi connectivity index (χ0n) is 25.0. The fourth-order valence-corrected chi connectivity index (χ4v) is 7.96. The van der Waals surface area contributed by atoms with Crippen molar-refractivity contribution in [3.05, 3.63) is 70.8 Å². The third-order valence-electron chi connectivity index (χ3n) is 9.87. The number of benzene rings is 2. The number of fused-ring (bicyclic) bond motifs is 5. The van der Waals surface area contributed by atoms with Crippen LogP contribution in [-0.4, -0.2) is 81.5 Å². The molecule has 7 rings (SSSR count). The molecule has 3 saturated heterocycles. The number of hydrogen-bond donors (Lipinski definition) is 1. The number of ether oxygens (including phenoxy) is 1. The Balaban J connectivity index is 1.14. The van der Waals surface area contributed by atoms with Crippen LogP contribution in [0.1, 0.15) is 68.3 Å². The van der Waals surface area contributed by atoms with Gasteiger partial charge in [-0.1, -0.05) is 48.5 Å². The molecular weight excluding hydrogens is 542 g/mol. The molecule has 2 bridgehead atoms. The number of aryl methyl sites for hydroxylation is 2. The first-order valence-electron chi connectivity index (χ1n) is 15.6. The Bertz CT molecular complexity index is 1460. The van der Waals surface area contributed by atoms with Gasteiger partial charge in [-0.15, -0.1) is 0 Å². The van der Waals surface area contributed by atoms with Gasteiger partial charge in [0.05, 0.1) is 18.2 Å². The zero-order chi connectivity index (χ0) is 30.0. The summed E-state index contributed by atoms with van der Waals surface area (Å²) < 4.78 is 5.51. The maximum Gasteiger partial charge on any atom is 0.408 e. The molecule has 3 aliphatic heterocycles. The molecule has 43 heavy (non-hydrogen) atoms. The summed E-state index contributed by atoms with van der Waals surface area (Å²) in [5.41, 5.74) is 4.21. The first-order valence-corrected chi connectivity index (χ1v) is 15.6. The number of piperazine rings is 1. The zero-order valence-corrected chi connectivity index (χ0v) is 25.0. The minimum Gasteiger partial charge on any atom is -0.444 e. The van der Waals surface area contributed by atoms with Gasteiger partial charge in [0.2, 0.25) is 11.8 Å². The first-order chi connectivity index (χ1) is 20.6. The Labute approximate surface area is 252 Å². The number of nitrogens with zero attached hydrogens (tertiary/aromatic N) is 4. The summed E-state index contributed by atoms with van der Waals surface area (Å²) in [6.07, 6.45) is 3.47. The third kappa shape index (κ3) is 4.96. The Kier molecular flexibility index (Phi) is 6.73. The van der Waals surface area contributed by atoms with E-state index in [4.69, 9.17) is 4.74 Å². The van der Waals surface area contributed by atoms with Crippen LogP contribution in [-0.2, 0) is 27.2 Å². The summed E-state index contributed by atoms with van der Waals surface area (Å²) in [7, 11) is 0. The van der Waals surface area contributed by atoms with E-state index in [1.165, 1.54) is 22.3 Å². The second-order valence-corrected chi connectivity index (χ2v) is 13.8. The van der Waals surface area contributed by atoms with Crippen LogP contribution < -0.4 is 5.32 Å². The Morgan fingerprint density at radius 3 is 2.28 bits per heavy atom. The lowest BCUT2D eigenvalue weighted by Crippen LogP contribution is -2.59. The van der Waals surface area contributed by atoms with Gasteiger partial charge >= 0.3 is 6.09 Å². The molecule has 3 heterocycles. The maximum atomic E-state index is 14.2. The molecule has 5 aliphatic rings. The van der Waals surface area contributed by atoms with Crippen LogP contribution in [0.4, 0.5) is 4.79 Å². The van der Waals surface area contributed by atoms with E-state index in [2.05, 4.69) is 69.7 Å². The molecule has 2 aliphatic carbocycles. The largest absolute Gasteiger partial charge is 0.444 e. The minimum atomic E-state index is -0.912. The highest BCUT2D eigenvalue weighted by molar-refractivity contribution is 5.89. The summed E-state index contributed by atoms with van der Waals surface area (Å²) in [5.74, 6) is 0.162. The molecule has 0 spiro atoms. The number of carbonyl (C=O) groups excluding carboxylic acids is 3. The molecule has 2 aromatic carbocycles. The van der Waals surface area contributed by atoms with Gasteiger partial charge in [-0.2, -0.15) is 5.26 Å². The predicted molar refractivity (Wildman–Crippen MR) is 159 cm³/mol. The summed E-state index contributed by atoms with van der Waals surface area (Å²) in [5, 5.41) is 12.6. The highest BCUT2D eigenvalue weighted by Crippen LogP contribution is 2.48. The van der Waals surface area contributed by atoms with Crippen LogP contribution in [0, 0.1) is 17.2 Å². The fourth-order valence-electron chi connectivity index (χ4n) is 7.96. The lowest BCUT2D eigenvalue weighted by molar-refractivity contribution is -0.141. The van der Waals surface area contributed by atoms with Crippen LogP contribution in [0.15, 0.2) is 48.5 Å². The first kappa shape index (κ1) is 27.9. The van der Waals surface area contributed by atoms with Gasteiger partial charge in [0.15, 0.2) is 0 Å². The van der Waals surface area contributed by atoms with E-state index in [1.807, 2.05) is 0 Å².